The van der Waals surface area contributed by atoms with E-state index in [-0.39, 0.29) is 13.2 Å². The zero-order valence-corrected chi connectivity index (χ0v) is 22.6. The summed E-state index contributed by atoms with van der Waals surface area (Å²) in [7, 11) is 0. The van der Waals surface area contributed by atoms with Gasteiger partial charge in [0.25, 0.3) is 0 Å². The highest BCUT2D eigenvalue weighted by Crippen LogP contribution is 2.15. The molecule has 0 bridgehead atoms. The highest BCUT2D eigenvalue weighted by atomic mass is 16.5. The fraction of sp³-hybridized carbons (Fsp3) is 0.438. The van der Waals surface area contributed by atoms with Crippen molar-refractivity contribution in [1.29, 1.82) is 0 Å². The summed E-state index contributed by atoms with van der Waals surface area (Å²) in [4.78, 5) is 24.2. The second-order valence-electron chi connectivity index (χ2n) is 8.62. The minimum absolute atomic E-state index is 0.0873. The van der Waals surface area contributed by atoms with Gasteiger partial charge in [-0.2, -0.15) is 0 Å². The van der Waals surface area contributed by atoms with Gasteiger partial charge in [-0.1, -0.05) is 52.4 Å². The van der Waals surface area contributed by atoms with Crippen LogP contribution in [-0.2, 0) is 9.47 Å². The number of hydrogen-bond donors (Lipinski definition) is 0. The Balaban J connectivity index is 1.62. The lowest BCUT2D eigenvalue weighted by atomic mass is 10.2. The van der Waals surface area contributed by atoms with E-state index in [0.717, 1.165) is 37.2 Å². The summed E-state index contributed by atoms with van der Waals surface area (Å²) >= 11 is 0. The Morgan fingerprint density at radius 1 is 0.579 bits per heavy atom. The molecule has 0 atom stereocenters. The van der Waals surface area contributed by atoms with E-state index >= 15 is 0 Å². The molecule has 38 heavy (non-hydrogen) atoms. The van der Waals surface area contributed by atoms with Crippen molar-refractivity contribution in [1.82, 2.24) is 0 Å². The second-order valence-corrected chi connectivity index (χ2v) is 8.62. The van der Waals surface area contributed by atoms with E-state index in [4.69, 9.17) is 18.9 Å². The molecule has 0 spiro atoms. The highest BCUT2D eigenvalue weighted by molar-refractivity contribution is 5.90. The van der Waals surface area contributed by atoms with Crippen molar-refractivity contribution in [2.75, 3.05) is 26.4 Å². The minimum atomic E-state index is -0.469. The van der Waals surface area contributed by atoms with E-state index in [2.05, 4.69) is 37.5 Å². The quantitative estimate of drug-likeness (QED) is 0.141. The molecule has 0 N–H and O–H groups in total. The summed E-state index contributed by atoms with van der Waals surface area (Å²) in [6.45, 7) is 5.51. The normalized spacial score (nSPS) is 9.84. The van der Waals surface area contributed by atoms with E-state index in [1.54, 1.807) is 48.5 Å². The van der Waals surface area contributed by atoms with E-state index in [1.807, 2.05) is 0 Å². The molecular weight excluding hydrogens is 480 g/mol. The fourth-order valence-corrected chi connectivity index (χ4v) is 3.34. The molecular formula is C32H38O6. The molecule has 0 aliphatic rings. The first-order valence-electron chi connectivity index (χ1n) is 13.4. The number of benzene rings is 2. The third kappa shape index (κ3) is 12.9. The number of ether oxygens (including phenoxy) is 4. The van der Waals surface area contributed by atoms with Crippen molar-refractivity contribution in [3.63, 3.8) is 0 Å². The van der Waals surface area contributed by atoms with Crippen molar-refractivity contribution < 1.29 is 28.5 Å². The van der Waals surface area contributed by atoms with Crippen LogP contribution in [0.25, 0.3) is 0 Å². The van der Waals surface area contributed by atoms with Gasteiger partial charge in [0.15, 0.2) is 13.2 Å². The van der Waals surface area contributed by atoms with Gasteiger partial charge in [-0.25, -0.2) is 9.59 Å². The third-order valence-corrected chi connectivity index (χ3v) is 5.50. The van der Waals surface area contributed by atoms with Crippen LogP contribution in [0.4, 0.5) is 0 Å². The van der Waals surface area contributed by atoms with Crippen LogP contribution in [0.2, 0.25) is 0 Å². The minimum Gasteiger partial charge on any atom is -0.494 e. The van der Waals surface area contributed by atoms with E-state index in [0.29, 0.717) is 24.3 Å². The maximum absolute atomic E-state index is 12.1. The molecule has 0 saturated heterocycles. The first-order valence-corrected chi connectivity index (χ1v) is 13.4. The predicted molar refractivity (Wildman–Crippen MR) is 148 cm³/mol. The zero-order valence-electron chi connectivity index (χ0n) is 22.6. The van der Waals surface area contributed by atoms with Crippen molar-refractivity contribution in [2.24, 2.45) is 0 Å². The Bertz CT molecular complexity index is 992. The van der Waals surface area contributed by atoms with E-state index < -0.39 is 11.9 Å². The summed E-state index contributed by atoms with van der Waals surface area (Å²) in [5, 5.41) is 0. The van der Waals surface area contributed by atoms with E-state index in [9.17, 15) is 9.59 Å². The molecule has 6 nitrogen and oxygen atoms in total. The maximum atomic E-state index is 12.1. The number of carbonyl (C=O) groups excluding carboxylic acids is 2. The topological polar surface area (TPSA) is 71.1 Å². The van der Waals surface area contributed by atoms with Crippen LogP contribution in [0.15, 0.2) is 48.5 Å². The lowest BCUT2D eigenvalue weighted by Crippen LogP contribution is -2.05. The van der Waals surface area contributed by atoms with Gasteiger partial charge in [0.1, 0.15) is 11.5 Å². The van der Waals surface area contributed by atoms with Crippen LogP contribution in [-0.4, -0.2) is 38.4 Å². The molecule has 2 rings (SSSR count). The number of hydrogen-bond acceptors (Lipinski definition) is 6. The Kier molecular flexibility index (Phi) is 15.4. The smallest absolute Gasteiger partial charge is 0.339 e. The predicted octanol–water partition coefficient (Wildman–Crippen LogP) is 6.63. The monoisotopic (exact) mass is 518 g/mol. The van der Waals surface area contributed by atoms with Gasteiger partial charge in [0.05, 0.1) is 24.3 Å². The fourth-order valence-electron chi connectivity index (χ4n) is 3.34. The van der Waals surface area contributed by atoms with Gasteiger partial charge in [0, 0.05) is 0 Å². The van der Waals surface area contributed by atoms with Crippen molar-refractivity contribution in [2.45, 2.75) is 65.2 Å². The molecule has 0 unspecified atom stereocenters. The summed E-state index contributed by atoms with van der Waals surface area (Å²) in [5.41, 5.74) is 0.851. The Morgan fingerprint density at radius 3 is 1.34 bits per heavy atom. The number of esters is 2. The molecule has 202 valence electrons. The molecule has 0 saturated carbocycles. The van der Waals surface area contributed by atoms with Crippen molar-refractivity contribution in [3.8, 4) is 35.2 Å². The molecule has 0 aliphatic heterocycles. The largest absolute Gasteiger partial charge is 0.494 e. The molecule has 6 heteroatoms. The lowest BCUT2D eigenvalue weighted by Gasteiger charge is -2.06. The Hall–Kier alpha value is -3.90. The first kappa shape index (κ1) is 30.3. The lowest BCUT2D eigenvalue weighted by molar-refractivity contribution is 0.0547. The van der Waals surface area contributed by atoms with Gasteiger partial charge in [0.2, 0.25) is 0 Å². The molecule has 0 amide bonds. The van der Waals surface area contributed by atoms with Gasteiger partial charge < -0.3 is 18.9 Å². The summed E-state index contributed by atoms with van der Waals surface area (Å²) in [6.07, 6.45) is 9.14. The summed E-state index contributed by atoms with van der Waals surface area (Å²) in [5.74, 6) is 11.0. The van der Waals surface area contributed by atoms with Crippen molar-refractivity contribution in [3.05, 3.63) is 59.7 Å². The molecule has 0 radical (unpaired) electrons. The Morgan fingerprint density at radius 2 is 0.974 bits per heavy atom. The van der Waals surface area contributed by atoms with E-state index in [1.165, 1.54) is 25.7 Å². The third-order valence-electron chi connectivity index (χ3n) is 5.50. The van der Waals surface area contributed by atoms with Crippen LogP contribution in [0, 0.1) is 23.7 Å². The van der Waals surface area contributed by atoms with Crippen LogP contribution >= 0.6 is 0 Å². The number of unbranched alkanes of at least 4 members (excludes halogenated alkanes) is 6. The second kappa shape index (κ2) is 19.2. The molecule has 0 heterocycles. The highest BCUT2D eigenvalue weighted by Gasteiger charge is 2.07. The average Bonchev–Trinajstić information content (AvgIpc) is 2.94. The SMILES string of the molecule is CCCCCCOc1ccc(C(=O)OCC#CC#CCOC(=O)c2ccc(OCCCCCC)cc2)cc1. The molecule has 0 aromatic heterocycles. The standard InChI is InChI=1S/C32H38O6/c1-3-5-7-11-23-35-29-19-15-27(16-20-29)31(33)37-25-13-9-10-14-26-38-32(34)28-17-21-30(22-18-28)36-24-12-8-6-4-2/h15-22H,3-8,11-12,23-26H2,1-2H3. The number of rotatable bonds is 16. The molecule has 2 aromatic carbocycles. The molecule has 0 aliphatic carbocycles. The Labute approximate surface area is 227 Å². The number of carbonyl (C=O) groups is 2. The van der Waals surface area contributed by atoms with Gasteiger partial charge in [-0.15, -0.1) is 0 Å². The summed E-state index contributed by atoms with van der Waals surface area (Å²) < 4.78 is 21.6. The first-order chi connectivity index (χ1) is 18.6. The van der Waals surface area contributed by atoms with Crippen LogP contribution in [0.3, 0.4) is 0 Å². The van der Waals surface area contributed by atoms with Gasteiger partial charge >= 0.3 is 11.9 Å². The van der Waals surface area contributed by atoms with Crippen LogP contribution in [0.1, 0.15) is 85.9 Å². The maximum Gasteiger partial charge on any atom is 0.339 e. The molecule has 0 fully saturated rings. The molecule has 2 aromatic rings. The summed E-state index contributed by atoms with van der Waals surface area (Å²) in [6, 6.07) is 13.7. The van der Waals surface area contributed by atoms with Gasteiger partial charge in [-0.3, -0.25) is 0 Å². The average molecular weight is 519 g/mol. The van der Waals surface area contributed by atoms with Gasteiger partial charge in [-0.05, 0) is 85.1 Å². The van der Waals surface area contributed by atoms with Crippen molar-refractivity contribution >= 4 is 11.9 Å². The van der Waals surface area contributed by atoms with Crippen LogP contribution < -0.4 is 9.47 Å². The zero-order chi connectivity index (χ0) is 27.3. The van der Waals surface area contributed by atoms with Crippen LogP contribution in [0.5, 0.6) is 11.5 Å².